The van der Waals surface area contributed by atoms with Crippen LogP contribution in [0.25, 0.3) is 0 Å². The second-order valence-electron chi connectivity index (χ2n) is 22.2. The summed E-state index contributed by atoms with van der Waals surface area (Å²) in [6, 6.07) is 25.6. The number of nitrogens with zero attached hydrogens (tertiary/aromatic N) is 13. The maximum Gasteiger partial charge on any atom is 0.410 e. The number of amides is 2. The number of halogens is 1. The van der Waals surface area contributed by atoms with E-state index >= 15 is 0 Å². The van der Waals surface area contributed by atoms with Crippen molar-refractivity contribution in [3.05, 3.63) is 99.6 Å². The minimum Gasteiger partial charge on any atom is -0.462 e. The van der Waals surface area contributed by atoms with Gasteiger partial charge in [0, 0.05) is 95.7 Å². The predicted octanol–water partition coefficient (Wildman–Crippen LogP) is 7.99. The zero-order chi connectivity index (χ0) is 53.3. The number of carbonyl (C=O) groups is 2. The van der Waals surface area contributed by atoms with Gasteiger partial charge in [0.15, 0.2) is 0 Å². The molecule has 0 saturated carbocycles. The van der Waals surface area contributed by atoms with Gasteiger partial charge in [-0.2, -0.15) is 34.0 Å². The van der Waals surface area contributed by atoms with E-state index in [0.29, 0.717) is 64.5 Å². The van der Waals surface area contributed by atoms with Crippen molar-refractivity contribution in [2.24, 2.45) is 0 Å². The number of nitriles is 2. The normalized spacial score (nSPS) is 20.2. The third kappa shape index (κ3) is 15.4. The highest BCUT2D eigenvalue weighted by molar-refractivity contribution is 7.59. The summed E-state index contributed by atoms with van der Waals surface area (Å²) in [5.41, 5.74) is 5.56. The zero-order valence-electron chi connectivity index (χ0n) is 45.4. The van der Waals surface area contributed by atoms with Crippen molar-refractivity contribution in [1.82, 2.24) is 44.4 Å². The van der Waals surface area contributed by atoms with E-state index in [-0.39, 0.29) is 55.9 Å². The predicted molar refractivity (Wildman–Crippen MR) is 297 cm³/mol. The number of hydrogen-bond acceptors (Lipinski definition) is 16. The van der Waals surface area contributed by atoms with E-state index in [1.54, 1.807) is 9.80 Å². The molecule has 2 aromatic carbocycles. The van der Waals surface area contributed by atoms with E-state index in [4.69, 9.17) is 35.8 Å². The number of ether oxygens (including phenoxy) is 3. The van der Waals surface area contributed by atoms with Crippen molar-refractivity contribution < 1.29 is 23.8 Å². The molecule has 18 nitrogen and oxygen atoms in total. The average Bonchev–Trinajstić information content (AvgIpc) is 3.79. The fraction of sp³-hybridized carbons (Fsp3) is 0.571. The molecule has 3 atom stereocenters. The van der Waals surface area contributed by atoms with Crippen LogP contribution in [0.5, 0.6) is 6.01 Å². The fourth-order valence-electron chi connectivity index (χ4n) is 10.6. The fourth-order valence-corrected chi connectivity index (χ4v) is 10.7. The van der Waals surface area contributed by atoms with Crippen molar-refractivity contribution in [1.29, 1.82) is 10.5 Å². The second kappa shape index (κ2) is 25.9. The van der Waals surface area contributed by atoms with E-state index in [1.807, 2.05) is 53.7 Å². The van der Waals surface area contributed by atoms with Crippen LogP contribution in [-0.4, -0.2) is 159 Å². The Balaban J connectivity index is 0.000000222. The SMILES string of the molecule is CC(C)(C)OC(=O)N1CCN(c2nc(Cl)nc3c2CCN(Cc2ccccc2)C3)CC1CC#N.CN1CCC[C@H]1COc1nc2c(c(N3CCN(C(=O)OC(C)(C)C)C(CC#N)C3)n1)CCN(Cc1ccccc1)C2.S. The monoisotopic (exact) mass is 1080 g/mol. The summed E-state index contributed by atoms with van der Waals surface area (Å²) in [4.78, 5) is 59.6. The van der Waals surface area contributed by atoms with Gasteiger partial charge in [-0.1, -0.05) is 60.7 Å². The molecule has 3 fully saturated rings. The van der Waals surface area contributed by atoms with Gasteiger partial charge in [0.2, 0.25) is 5.28 Å². The molecule has 0 spiro atoms. The smallest absolute Gasteiger partial charge is 0.410 e. The van der Waals surface area contributed by atoms with Crippen LogP contribution in [0.1, 0.15) is 101 Å². The number of aromatic nitrogens is 4. The largest absolute Gasteiger partial charge is 0.462 e. The maximum atomic E-state index is 13.0. The number of piperazine rings is 2. The lowest BCUT2D eigenvalue weighted by Crippen LogP contribution is -2.56. The summed E-state index contributed by atoms with van der Waals surface area (Å²) in [5.74, 6) is 1.69. The van der Waals surface area contributed by atoms with Crippen molar-refractivity contribution in [2.45, 2.75) is 136 Å². The van der Waals surface area contributed by atoms with Crippen molar-refractivity contribution in [2.75, 3.05) is 82.4 Å². The molecule has 0 N–H and O–H groups in total. The number of likely N-dealkylation sites (tertiary alicyclic amines) is 1. The molecule has 2 unspecified atom stereocenters. The number of rotatable bonds is 11. The van der Waals surface area contributed by atoms with Crippen LogP contribution in [0.2, 0.25) is 5.28 Å². The minimum absolute atomic E-state index is 0. The van der Waals surface area contributed by atoms with Crippen LogP contribution in [0, 0.1) is 22.7 Å². The Labute approximate surface area is 461 Å². The summed E-state index contributed by atoms with van der Waals surface area (Å²) >= 11 is 6.35. The van der Waals surface area contributed by atoms with Crippen molar-refractivity contribution in [3.63, 3.8) is 0 Å². The van der Waals surface area contributed by atoms with Crippen LogP contribution >= 0.6 is 25.1 Å². The molecule has 2 aromatic heterocycles. The highest BCUT2D eigenvalue weighted by atomic mass is 35.5. The van der Waals surface area contributed by atoms with Gasteiger partial charge in [-0.05, 0) is 104 Å². The van der Waals surface area contributed by atoms with Gasteiger partial charge in [-0.15, -0.1) is 0 Å². The van der Waals surface area contributed by atoms with Gasteiger partial charge in [0.1, 0.15) is 29.4 Å². The molecule has 9 rings (SSSR count). The Kier molecular flexibility index (Phi) is 19.7. The summed E-state index contributed by atoms with van der Waals surface area (Å²) in [7, 11) is 2.14. The first kappa shape index (κ1) is 57.7. The molecule has 0 radical (unpaired) electrons. The van der Waals surface area contributed by atoms with Crippen LogP contribution in [0.4, 0.5) is 21.2 Å². The van der Waals surface area contributed by atoms with Crippen LogP contribution in [0.3, 0.4) is 0 Å². The van der Waals surface area contributed by atoms with Crippen LogP contribution < -0.4 is 14.5 Å². The second-order valence-corrected chi connectivity index (χ2v) is 22.6. The Morgan fingerprint density at radius 3 is 1.57 bits per heavy atom. The van der Waals surface area contributed by atoms with Gasteiger partial charge >= 0.3 is 18.2 Å². The number of carbonyl (C=O) groups excluding carboxylic acids is 2. The molecule has 408 valence electrons. The lowest BCUT2D eigenvalue weighted by Gasteiger charge is -2.42. The third-order valence-electron chi connectivity index (χ3n) is 14.2. The van der Waals surface area contributed by atoms with E-state index < -0.39 is 11.2 Å². The highest BCUT2D eigenvalue weighted by Crippen LogP contribution is 2.34. The summed E-state index contributed by atoms with van der Waals surface area (Å²) < 4.78 is 17.5. The van der Waals surface area contributed by atoms with E-state index in [0.717, 1.165) is 92.7 Å². The maximum absolute atomic E-state index is 13.0. The number of fused-ring (bicyclic) bond motifs is 2. The quantitative estimate of drug-likeness (QED) is 0.132. The average molecular weight is 1080 g/mol. The standard InChI is InChI=1S/C31H43N7O3.C25H31ClN6O2.H2S/c1-31(2,3)41-30(39)38-18-17-37(20-24(38)12-14-32)28-26-13-16-36(19-23-9-6-5-7-10-23)21-27(26)33-29(34-28)40-22-25-11-8-15-35(25)4;1-25(2,3)34-24(33)32-14-13-31(16-19(32)9-11-27)22-20-10-12-30(15-18-7-5-4-6-8-18)17-21(20)28-23(26)29-22;/h5-7,9-10,24-25H,8,11-13,15-22H2,1-4H3;4-8,19H,9-10,12-17H2,1-3H3;1H2/t24?,25-;;/m0../s1. The topological polar surface area (TPSA) is 184 Å². The Morgan fingerprint density at radius 2 is 1.12 bits per heavy atom. The molecular formula is C56H76ClN13O5S. The third-order valence-corrected chi connectivity index (χ3v) is 14.4. The number of benzene rings is 2. The lowest BCUT2D eigenvalue weighted by atomic mass is 10.0. The highest BCUT2D eigenvalue weighted by Gasteiger charge is 2.38. The van der Waals surface area contributed by atoms with Gasteiger partial charge < -0.3 is 38.7 Å². The van der Waals surface area contributed by atoms with E-state index in [9.17, 15) is 20.1 Å². The number of hydrogen-bond donors (Lipinski definition) is 0. The zero-order valence-corrected chi connectivity index (χ0v) is 47.1. The van der Waals surface area contributed by atoms with E-state index in [2.05, 4.69) is 102 Å². The summed E-state index contributed by atoms with van der Waals surface area (Å²) in [5, 5.41) is 19.2. The summed E-state index contributed by atoms with van der Waals surface area (Å²) in [6.45, 7) is 20.8. The van der Waals surface area contributed by atoms with Crippen LogP contribution in [-0.2, 0) is 48.5 Å². The molecule has 5 aliphatic rings. The molecular weight excluding hydrogens is 1000 g/mol. The lowest BCUT2D eigenvalue weighted by molar-refractivity contribution is 0.0134. The summed E-state index contributed by atoms with van der Waals surface area (Å²) in [6.07, 6.45) is 3.64. The van der Waals surface area contributed by atoms with Gasteiger partial charge in [-0.3, -0.25) is 9.80 Å². The van der Waals surface area contributed by atoms with Gasteiger partial charge in [-0.25, -0.2) is 19.6 Å². The Bertz CT molecular complexity index is 2680. The first-order valence-corrected chi connectivity index (χ1v) is 26.8. The van der Waals surface area contributed by atoms with Crippen LogP contribution in [0.15, 0.2) is 60.7 Å². The molecule has 0 aliphatic carbocycles. The first-order valence-electron chi connectivity index (χ1n) is 26.5. The van der Waals surface area contributed by atoms with Crippen molar-refractivity contribution in [3.8, 4) is 18.1 Å². The van der Waals surface area contributed by atoms with Gasteiger partial charge in [0.25, 0.3) is 0 Å². The van der Waals surface area contributed by atoms with Gasteiger partial charge in [0.05, 0.1) is 48.5 Å². The Morgan fingerprint density at radius 1 is 0.645 bits per heavy atom. The molecule has 7 heterocycles. The molecule has 20 heteroatoms. The minimum atomic E-state index is -0.595. The molecule has 0 bridgehead atoms. The number of anilines is 2. The number of likely N-dealkylation sites (N-methyl/N-ethyl adjacent to an activating group) is 1. The molecule has 2 amide bonds. The first-order chi connectivity index (χ1) is 35.9. The molecule has 5 aliphatic heterocycles. The molecule has 4 aromatic rings. The molecule has 3 saturated heterocycles. The Hall–Kier alpha value is -5.96. The van der Waals surface area contributed by atoms with E-state index in [1.165, 1.54) is 17.5 Å². The molecule has 76 heavy (non-hydrogen) atoms. The van der Waals surface area contributed by atoms with Crippen molar-refractivity contribution >= 4 is 48.9 Å².